The first-order chi connectivity index (χ1) is 6.93. The average molecular weight is 184 g/mol. The predicted octanol–water partition coefficient (Wildman–Crippen LogP) is -0.900. The van der Waals surface area contributed by atoms with Gasteiger partial charge in [-0.2, -0.15) is 0 Å². The van der Waals surface area contributed by atoms with Crippen LogP contribution in [0.4, 0.5) is 0 Å². The predicted molar refractivity (Wildman–Crippen MR) is 53.9 cm³/mol. The summed E-state index contributed by atoms with van der Waals surface area (Å²) in [5.74, 6) is 0.925. The van der Waals surface area contributed by atoms with Crippen LogP contribution in [0.25, 0.3) is 12.2 Å². The molecule has 2 aliphatic heterocycles. The monoisotopic (exact) mass is 184 g/mol. The van der Waals surface area contributed by atoms with Gasteiger partial charge in [0.2, 0.25) is 5.36 Å². The Bertz CT molecular complexity index is 552. The Morgan fingerprint density at radius 3 is 3.29 bits per heavy atom. The summed E-state index contributed by atoms with van der Waals surface area (Å²) in [5, 5.41) is 2.29. The Kier molecular flexibility index (Phi) is 1.53. The van der Waals surface area contributed by atoms with Crippen molar-refractivity contribution in [2.75, 3.05) is 6.54 Å². The molecule has 0 saturated heterocycles. The van der Waals surface area contributed by atoms with Gasteiger partial charge in [0.05, 0.1) is 12.3 Å². The van der Waals surface area contributed by atoms with E-state index >= 15 is 0 Å². The highest BCUT2D eigenvalue weighted by molar-refractivity contribution is 5.54. The van der Waals surface area contributed by atoms with Gasteiger partial charge in [-0.3, -0.25) is 0 Å². The third-order valence-corrected chi connectivity index (χ3v) is 2.44. The number of allylic oxidation sites excluding steroid dienone is 1. The Labute approximate surface area is 81.5 Å². The first-order valence-electron chi connectivity index (χ1n) is 4.68. The summed E-state index contributed by atoms with van der Waals surface area (Å²) < 4.78 is 5.41. The molecule has 1 aromatic rings. The molecule has 14 heavy (non-hydrogen) atoms. The number of hydrogen-bond acceptors (Lipinski definition) is 1. The summed E-state index contributed by atoms with van der Waals surface area (Å²) in [7, 11) is 0. The molecule has 0 bridgehead atoms. The van der Waals surface area contributed by atoms with Gasteiger partial charge in [-0.1, -0.05) is 0 Å². The molecule has 0 amide bonds. The van der Waals surface area contributed by atoms with E-state index in [-0.39, 0.29) is 0 Å². The number of nitrogens with one attached hydrogen (secondary N) is 1. The smallest absolute Gasteiger partial charge is 0.209 e. The maximum atomic E-state index is 5.41. The molecule has 0 spiro atoms. The van der Waals surface area contributed by atoms with E-state index < -0.39 is 0 Å². The van der Waals surface area contributed by atoms with Gasteiger partial charge in [-0.25, -0.2) is 4.99 Å². The second-order valence-corrected chi connectivity index (χ2v) is 3.37. The molecule has 1 aromatic carbocycles. The van der Waals surface area contributed by atoms with E-state index in [0.29, 0.717) is 0 Å². The first kappa shape index (κ1) is 7.56. The topological polar surface area (TPSA) is 23.2 Å². The molecule has 3 rings (SSSR count). The molecular weight excluding hydrogens is 174 g/mol. The maximum Gasteiger partial charge on any atom is 0.209 e. The Morgan fingerprint density at radius 1 is 1.29 bits per heavy atom. The van der Waals surface area contributed by atoms with E-state index in [0.717, 1.165) is 22.9 Å². The van der Waals surface area contributed by atoms with E-state index in [9.17, 15) is 0 Å². The highest BCUT2D eigenvalue weighted by atomic mass is 16.5. The minimum atomic E-state index is 0.894. The van der Waals surface area contributed by atoms with Crippen molar-refractivity contribution in [3.63, 3.8) is 0 Å². The number of benzene rings is 1. The number of rotatable bonds is 0. The highest BCUT2D eigenvalue weighted by Crippen LogP contribution is 2.05. The SMILES string of the molecule is C1=COc2cc3c(cc2=C1)C=CC[NH+]=3. The summed E-state index contributed by atoms with van der Waals surface area (Å²) in [4.78, 5) is 3.31. The maximum absolute atomic E-state index is 5.41. The van der Waals surface area contributed by atoms with Gasteiger partial charge < -0.3 is 4.74 Å². The van der Waals surface area contributed by atoms with Crippen molar-refractivity contribution >= 4 is 12.2 Å². The second kappa shape index (κ2) is 2.84. The van der Waals surface area contributed by atoms with Gasteiger partial charge in [0.15, 0.2) is 6.54 Å². The standard InChI is InChI=1S/C12H9NO/c1-3-9-7-10-4-2-6-14-12(10)8-11(9)13-5-1/h1-4,6-8H,5H2/p+1. The molecule has 1 N–H and O–H groups in total. The summed E-state index contributed by atoms with van der Waals surface area (Å²) >= 11 is 0. The molecule has 0 aliphatic carbocycles. The van der Waals surface area contributed by atoms with Crippen LogP contribution in [0.1, 0.15) is 5.56 Å². The third-order valence-electron chi connectivity index (χ3n) is 2.44. The van der Waals surface area contributed by atoms with Crippen LogP contribution in [0.5, 0.6) is 5.75 Å². The third kappa shape index (κ3) is 1.08. The summed E-state index contributed by atoms with van der Waals surface area (Å²) in [5.41, 5.74) is 1.23. The van der Waals surface area contributed by atoms with Crippen LogP contribution in [-0.2, 0) is 0 Å². The minimum Gasteiger partial charge on any atom is -0.464 e. The first-order valence-corrected chi connectivity index (χ1v) is 4.68. The van der Waals surface area contributed by atoms with Gasteiger partial charge in [0.25, 0.3) is 0 Å². The molecule has 0 atom stereocenters. The van der Waals surface area contributed by atoms with E-state index in [2.05, 4.69) is 29.3 Å². The van der Waals surface area contributed by atoms with Crippen molar-refractivity contribution in [3.8, 4) is 5.75 Å². The van der Waals surface area contributed by atoms with Crippen LogP contribution in [0, 0.1) is 0 Å². The zero-order valence-electron chi connectivity index (χ0n) is 7.66. The van der Waals surface area contributed by atoms with Crippen molar-refractivity contribution in [3.05, 3.63) is 46.7 Å². The van der Waals surface area contributed by atoms with Crippen LogP contribution in [0.3, 0.4) is 0 Å². The van der Waals surface area contributed by atoms with Crippen molar-refractivity contribution < 1.29 is 9.73 Å². The van der Waals surface area contributed by atoms with Crippen LogP contribution >= 0.6 is 0 Å². The van der Waals surface area contributed by atoms with Crippen LogP contribution < -0.4 is 20.3 Å². The molecule has 0 saturated carbocycles. The van der Waals surface area contributed by atoms with Crippen LogP contribution in [0.15, 0.2) is 30.5 Å². The fourth-order valence-electron chi connectivity index (χ4n) is 1.75. The molecular formula is C12H10NO+. The van der Waals surface area contributed by atoms with Gasteiger partial charge in [-0.05, 0) is 30.4 Å². The molecule has 0 unspecified atom stereocenters. The van der Waals surface area contributed by atoms with E-state index in [1.165, 1.54) is 5.56 Å². The zero-order valence-corrected chi connectivity index (χ0v) is 7.66. The van der Waals surface area contributed by atoms with E-state index in [1.54, 1.807) is 6.26 Å². The molecule has 2 heterocycles. The number of hydrogen-bond donors (Lipinski definition) is 1. The van der Waals surface area contributed by atoms with Crippen molar-refractivity contribution in [1.29, 1.82) is 0 Å². The normalized spacial score (nSPS) is 16.0. The van der Waals surface area contributed by atoms with Crippen molar-refractivity contribution in [1.82, 2.24) is 0 Å². The van der Waals surface area contributed by atoms with Gasteiger partial charge in [-0.15, -0.1) is 0 Å². The molecule has 2 aliphatic rings. The Hall–Kier alpha value is -1.83. The lowest BCUT2D eigenvalue weighted by Gasteiger charge is -2.05. The van der Waals surface area contributed by atoms with Gasteiger partial charge >= 0.3 is 0 Å². The zero-order chi connectivity index (χ0) is 9.38. The average Bonchev–Trinajstić information content (AvgIpc) is 2.26. The second-order valence-electron chi connectivity index (χ2n) is 3.37. The molecule has 0 radical (unpaired) electrons. The summed E-state index contributed by atoms with van der Waals surface area (Å²) in [6, 6.07) is 4.19. The number of fused-ring (bicyclic) bond motifs is 2. The van der Waals surface area contributed by atoms with Crippen molar-refractivity contribution in [2.45, 2.75) is 0 Å². The largest absolute Gasteiger partial charge is 0.464 e. The van der Waals surface area contributed by atoms with E-state index in [4.69, 9.17) is 4.74 Å². The lowest BCUT2D eigenvalue weighted by Crippen LogP contribution is -2.77. The minimum absolute atomic E-state index is 0.894. The van der Waals surface area contributed by atoms with Gasteiger partial charge in [0, 0.05) is 10.8 Å². The lowest BCUT2D eigenvalue weighted by atomic mass is 10.1. The molecule has 0 aromatic heterocycles. The Balaban J connectivity index is 2.37. The molecule has 0 fully saturated rings. The molecule has 2 heteroatoms. The number of ether oxygens (including phenoxy) is 1. The lowest BCUT2D eigenvalue weighted by molar-refractivity contribution is -0.489. The van der Waals surface area contributed by atoms with E-state index in [1.807, 2.05) is 12.1 Å². The summed E-state index contributed by atoms with van der Waals surface area (Å²) in [6.45, 7) is 0.894. The van der Waals surface area contributed by atoms with Crippen LogP contribution in [-0.4, -0.2) is 6.54 Å². The van der Waals surface area contributed by atoms with Crippen molar-refractivity contribution in [2.24, 2.45) is 0 Å². The van der Waals surface area contributed by atoms with Gasteiger partial charge in [0.1, 0.15) is 5.75 Å². The fourth-order valence-corrected chi connectivity index (χ4v) is 1.75. The van der Waals surface area contributed by atoms with Crippen LogP contribution in [0.2, 0.25) is 0 Å². The quantitative estimate of drug-likeness (QED) is 0.555. The Morgan fingerprint density at radius 2 is 2.29 bits per heavy atom. The summed E-state index contributed by atoms with van der Waals surface area (Å²) in [6.07, 6.45) is 9.93. The fraction of sp³-hybridized carbons (Fsp3) is 0.0833. The molecule has 68 valence electrons. The highest BCUT2D eigenvalue weighted by Gasteiger charge is 2.07. The molecule has 2 nitrogen and oxygen atoms in total.